The first-order valence-corrected chi connectivity index (χ1v) is 7.19. The van der Waals surface area contributed by atoms with Gasteiger partial charge in [-0.2, -0.15) is 4.98 Å². The van der Waals surface area contributed by atoms with E-state index in [-0.39, 0.29) is 0 Å². The molecule has 0 saturated heterocycles. The minimum atomic E-state index is 0.392. The van der Waals surface area contributed by atoms with E-state index in [4.69, 9.17) is 4.42 Å². The highest BCUT2D eigenvalue weighted by Crippen LogP contribution is 2.20. The average molecular weight is 266 g/mol. The molecule has 1 unspecified atom stereocenters. The Labute approximate surface area is 116 Å². The fourth-order valence-corrected chi connectivity index (χ4v) is 2.31. The molecule has 1 saturated carbocycles. The molecular weight excluding hydrogens is 240 g/mol. The largest absolute Gasteiger partial charge is 0.432 e. The van der Waals surface area contributed by atoms with E-state index < -0.39 is 0 Å². The molecule has 0 spiro atoms. The lowest BCUT2D eigenvalue weighted by atomic mass is 10.3. The molecule has 1 aliphatic carbocycles. The molecule has 1 N–H and O–H groups in total. The standard InChI is InChI=1S/C14H26N4O/c1-5-18(11(2)9-17(3)4)14-16-13(10-19-14)8-15-12-6-7-12/h10-12,15H,5-9H2,1-4H3. The summed E-state index contributed by atoms with van der Waals surface area (Å²) < 4.78 is 5.63. The maximum Gasteiger partial charge on any atom is 0.297 e. The van der Waals surface area contributed by atoms with Crippen molar-refractivity contribution in [2.75, 3.05) is 32.1 Å². The molecule has 0 radical (unpaired) electrons. The molecule has 1 heterocycles. The van der Waals surface area contributed by atoms with E-state index in [0.717, 1.165) is 31.3 Å². The van der Waals surface area contributed by atoms with Crippen molar-refractivity contribution in [3.8, 4) is 0 Å². The Morgan fingerprint density at radius 1 is 1.47 bits per heavy atom. The molecule has 5 heteroatoms. The summed E-state index contributed by atoms with van der Waals surface area (Å²) in [5.74, 6) is 0. The summed E-state index contributed by atoms with van der Waals surface area (Å²) in [6.07, 6.45) is 4.37. The van der Waals surface area contributed by atoms with Crippen LogP contribution in [0.25, 0.3) is 0 Å². The van der Waals surface area contributed by atoms with E-state index in [0.29, 0.717) is 12.1 Å². The second kappa shape index (κ2) is 6.39. The van der Waals surface area contributed by atoms with Crippen molar-refractivity contribution in [3.63, 3.8) is 0 Å². The molecule has 1 fully saturated rings. The van der Waals surface area contributed by atoms with Crippen LogP contribution in [0.15, 0.2) is 10.7 Å². The summed E-state index contributed by atoms with van der Waals surface area (Å²) in [5.41, 5.74) is 0.998. The van der Waals surface area contributed by atoms with E-state index in [1.54, 1.807) is 6.26 Å². The number of nitrogens with zero attached hydrogens (tertiary/aromatic N) is 3. The SMILES string of the molecule is CCN(c1nc(CNC2CC2)co1)C(C)CN(C)C. The normalized spacial score (nSPS) is 16.9. The maximum absolute atomic E-state index is 5.63. The van der Waals surface area contributed by atoms with Gasteiger partial charge in [0.05, 0.1) is 5.69 Å². The van der Waals surface area contributed by atoms with E-state index in [2.05, 4.69) is 48.0 Å². The number of rotatable bonds is 8. The smallest absolute Gasteiger partial charge is 0.297 e. The summed E-state index contributed by atoms with van der Waals surface area (Å²) in [6.45, 7) is 7.05. The summed E-state index contributed by atoms with van der Waals surface area (Å²) in [4.78, 5) is 8.98. The van der Waals surface area contributed by atoms with Crippen LogP contribution in [-0.4, -0.2) is 49.2 Å². The lowest BCUT2D eigenvalue weighted by Gasteiger charge is -2.28. The van der Waals surface area contributed by atoms with Gasteiger partial charge in [0, 0.05) is 31.7 Å². The summed E-state index contributed by atoms with van der Waals surface area (Å²) >= 11 is 0. The Hall–Kier alpha value is -1.07. The summed E-state index contributed by atoms with van der Waals surface area (Å²) in [6, 6.07) is 1.84. The first kappa shape index (κ1) is 14.3. The molecular formula is C14H26N4O. The highest BCUT2D eigenvalue weighted by molar-refractivity contribution is 5.28. The number of likely N-dealkylation sites (N-methyl/N-ethyl adjacent to an activating group) is 2. The number of aromatic nitrogens is 1. The monoisotopic (exact) mass is 266 g/mol. The van der Waals surface area contributed by atoms with Crippen molar-refractivity contribution in [2.45, 2.75) is 45.3 Å². The fourth-order valence-electron chi connectivity index (χ4n) is 2.31. The van der Waals surface area contributed by atoms with Crippen LogP contribution in [0.1, 0.15) is 32.4 Å². The van der Waals surface area contributed by atoms with Crippen LogP contribution >= 0.6 is 0 Å². The second-order valence-electron chi connectivity index (χ2n) is 5.67. The third kappa shape index (κ3) is 4.21. The zero-order chi connectivity index (χ0) is 13.8. The molecule has 1 aromatic heterocycles. The zero-order valence-corrected chi connectivity index (χ0v) is 12.5. The van der Waals surface area contributed by atoms with Crippen molar-refractivity contribution >= 4 is 6.01 Å². The Morgan fingerprint density at radius 3 is 2.79 bits per heavy atom. The van der Waals surface area contributed by atoms with Crippen molar-refractivity contribution < 1.29 is 4.42 Å². The Bertz CT molecular complexity index is 387. The molecule has 0 aliphatic heterocycles. The lowest BCUT2D eigenvalue weighted by Crippen LogP contribution is -2.40. The molecule has 2 rings (SSSR count). The van der Waals surface area contributed by atoms with E-state index in [1.165, 1.54) is 12.8 Å². The second-order valence-corrected chi connectivity index (χ2v) is 5.67. The van der Waals surface area contributed by atoms with Gasteiger partial charge in [0.2, 0.25) is 0 Å². The fraction of sp³-hybridized carbons (Fsp3) is 0.786. The third-order valence-corrected chi connectivity index (χ3v) is 3.44. The quantitative estimate of drug-likeness (QED) is 0.776. The van der Waals surface area contributed by atoms with Gasteiger partial charge in [0.15, 0.2) is 0 Å². The average Bonchev–Trinajstić information content (AvgIpc) is 3.06. The molecule has 108 valence electrons. The van der Waals surface area contributed by atoms with Gasteiger partial charge < -0.3 is 19.5 Å². The zero-order valence-electron chi connectivity index (χ0n) is 12.5. The minimum Gasteiger partial charge on any atom is -0.432 e. The van der Waals surface area contributed by atoms with Crippen molar-refractivity contribution in [1.29, 1.82) is 0 Å². The first-order valence-electron chi connectivity index (χ1n) is 7.19. The molecule has 19 heavy (non-hydrogen) atoms. The predicted molar refractivity (Wildman–Crippen MR) is 77.4 cm³/mol. The van der Waals surface area contributed by atoms with Crippen molar-refractivity contribution in [1.82, 2.24) is 15.2 Å². The van der Waals surface area contributed by atoms with Crippen LogP contribution in [0, 0.1) is 0 Å². The van der Waals surface area contributed by atoms with Gasteiger partial charge in [-0.05, 0) is 40.8 Å². The van der Waals surface area contributed by atoms with Gasteiger partial charge in [-0.1, -0.05) is 0 Å². The molecule has 5 nitrogen and oxygen atoms in total. The van der Waals surface area contributed by atoms with Crippen LogP contribution < -0.4 is 10.2 Å². The number of nitrogens with one attached hydrogen (secondary N) is 1. The Morgan fingerprint density at radius 2 is 2.21 bits per heavy atom. The highest BCUT2D eigenvalue weighted by Gasteiger charge is 2.22. The number of oxazole rings is 1. The summed E-state index contributed by atoms with van der Waals surface area (Å²) in [5, 5.41) is 3.46. The molecule has 1 atom stereocenters. The molecule has 1 aromatic rings. The van der Waals surface area contributed by atoms with Gasteiger partial charge >= 0.3 is 0 Å². The van der Waals surface area contributed by atoms with E-state index >= 15 is 0 Å². The van der Waals surface area contributed by atoms with Crippen LogP contribution in [0.5, 0.6) is 0 Å². The summed E-state index contributed by atoms with van der Waals surface area (Å²) in [7, 11) is 4.18. The molecule has 0 bridgehead atoms. The minimum absolute atomic E-state index is 0.392. The Balaban J connectivity index is 1.93. The van der Waals surface area contributed by atoms with Crippen LogP contribution in [0.2, 0.25) is 0 Å². The van der Waals surface area contributed by atoms with Crippen molar-refractivity contribution in [2.24, 2.45) is 0 Å². The van der Waals surface area contributed by atoms with Crippen molar-refractivity contribution in [3.05, 3.63) is 12.0 Å². The topological polar surface area (TPSA) is 44.5 Å². The number of hydrogen-bond donors (Lipinski definition) is 1. The van der Waals surface area contributed by atoms with Crippen LogP contribution in [0.4, 0.5) is 6.01 Å². The van der Waals surface area contributed by atoms with Gasteiger partial charge in [0.25, 0.3) is 6.01 Å². The number of anilines is 1. The lowest BCUT2D eigenvalue weighted by molar-refractivity contribution is 0.363. The van der Waals surface area contributed by atoms with Gasteiger partial charge in [-0.15, -0.1) is 0 Å². The van der Waals surface area contributed by atoms with Gasteiger partial charge in [-0.3, -0.25) is 0 Å². The van der Waals surface area contributed by atoms with E-state index in [1.807, 2.05) is 0 Å². The first-order chi connectivity index (χ1) is 9.10. The van der Waals surface area contributed by atoms with Crippen LogP contribution in [0.3, 0.4) is 0 Å². The molecule has 0 amide bonds. The Kier molecular flexibility index (Phi) is 4.82. The number of hydrogen-bond acceptors (Lipinski definition) is 5. The van der Waals surface area contributed by atoms with Gasteiger partial charge in [-0.25, -0.2) is 0 Å². The maximum atomic E-state index is 5.63. The predicted octanol–water partition coefficient (Wildman–Crippen LogP) is 1.70. The molecule has 0 aromatic carbocycles. The molecule has 1 aliphatic rings. The third-order valence-electron chi connectivity index (χ3n) is 3.44. The highest BCUT2D eigenvalue weighted by atomic mass is 16.4. The van der Waals surface area contributed by atoms with Gasteiger partial charge in [0.1, 0.15) is 6.26 Å². The van der Waals surface area contributed by atoms with Crippen LogP contribution in [-0.2, 0) is 6.54 Å². The van der Waals surface area contributed by atoms with E-state index in [9.17, 15) is 0 Å².